The van der Waals surface area contributed by atoms with Crippen molar-refractivity contribution in [1.82, 2.24) is 14.7 Å². The SMILES string of the molecule is Cc1ccn(-c2ccccc2NC(=O)N2CCCC(CO)C2)n1. The molecule has 0 bridgehead atoms. The lowest BCUT2D eigenvalue weighted by Gasteiger charge is -2.32. The van der Waals surface area contributed by atoms with Crippen LogP contribution in [-0.4, -0.2) is 45.5 Å². The van der Waals surface area contributed by atoms with Crippen LogP contribution in [0.2, 0.25) is 0 Å². The molecule has 3 rings (SSSR count). The normalized spacial score (nSPS) is 18.0. The molecule has 2 N–H and O–H groups in total. The van der Waals surface area contributed by atoms with E-state index in [2.05, 4.69) is 10.4 Å². The van der Waals surface area contributed by atoms with Gasteiger partial charge < -0.3 is 15.3 Å². The predicted molar refractivity (Wildman–Crippen MR) is 88.7 cm³/mol. The molecular formula is C17H22N4O2. The second-order valence-electron chi connectivity index (χ2n) is 5.99. The van der Waals surface area contributed by atoms with E-state index in [1.165, 1.54) is 0 Å². The molecule has 1 atom stereocenters. The number of carbonyl (C=O) groups is 1. The molecule has 1 fully saturated rings. The smallest absolute Gasteiger partial charge is 0.321 e. The first-order valence-electron chi connectivity index (χ1n) is 7.96. The molecule has 6 nitrogen and oxygen atoms in total. The molecule has 0 radical (unpaired) electrons. The van der Waals surface area contributed by atoms with Crippen LogP contribution in [0.5, 0.6) is 0 Å². The average Bonchev–Trinajstić information content (AvgIpc) is 3.01. The van der Waals surface area contributed by atoms with Gasteiger partial charge in [-0.05, 0) is 43.9 Å². The van der Waals surface area contributed by atoms with Gasteiger partial charge in [-0.2, -0.15) is 5.10 Å². The Labute approximate surface area is 135 Å². The summed E-state index contributed by atoms with van der Waals surface area (Å²) >= 11 is 0. The topological polar surface area (TPSA) is 70.4 Å². The Morgan fingerprint density at radius 2 is 2.22 bits per heavy atom. The van der Waals surface area contributed by atoms with Crippen molar-refractivity contribution >= 4 is 11.7 Å². The largest absolute Gasteiger partial charge is 0.396 e. The minimum atomic E-state index is -0.125. The van der Waals surface area contributed by atoms with Crippen molar-refractivity contribution in [2.75, 3.05) is 25.0 Å². The molecule has 6 heteroatoms. The molecule has 122 valence electrons. The summed E-state index contributed by atoms with van der Waals surface area (Å²) in [6, 6.07) is 9.41. The lowest BCUT2D eigenvalue weighted by molar-refractivity contribution is 0.136. The standard InChI is InChI=1S/C17H22N4O2/c1-13-8-10-21(19-13)16-7-3-2-6-15(16)18-17(23)20-9-4-5-14(11-20)12-22/h2-3,6-8,10,14,22H,4-5,9,11-12H2,1H3,(H,18,23). The number of amides is 2. The number of benzene rings is 1. The molecule has 0 spiro atoms. The highest BCUT2D eigenvalue weighted by molar-refractivity contribution is 5.91. The molecule has 1 aliphatic heterocycles. The van der Waals surface area contributed by atoms with Crippen LogP contribution in [0.15, 0.2) is 36.5 Å². The van der Waals surface area contributed by atoms with Gasteiger partial charge >= 0.3 is 6.03 Å². The number of anilines is 1. The Bertz CT molecular complexity index is 683. The number of carbonyl (C=O) groups excluding carboxylic acids is 1. The van der Waals surface area contributed by atoms with Crippen molar-refractivity contribution in [3.63, 3.8) is 0 Å². The molecule has 2 aromatic rings. The van der Waals surface area contributed by atoms with Gasteiger partial charge in [0.2, 0.25) is 0 Å². The van der Waals surface area contributed by atoms with Crippen molar-refractivity contribution in [3.05, 3.63) is 42.2 Å². The van der Waals surface area contributed by atoms with E-state index in [9.17, 15) is 9.90 Å². The van der Waals surface area contributed by atoms with E-state index in [1.54, 1.807) is 9.58 Å². The lowest BCUT2D eigenvalue weighted by atomic mass is 9.99. The maximum atomic E-state index is 12.5. The van der Waals surface area contributed by atoms with E-state index in [0.717, 1.165) is 36.5 Å². The van der Waals surface area contributed by atoms with E-state index >= 15 is 0 Å². The number of nitrogens with one attached hydrogen (secondary N) is 1. The number of nitrogens with zero attached hydrogens (tertiary/aromatic N) is 3. The molecular weight excluding hydrogens is 292 g/mol. The molecule has 2 heterocycles. The van der Waals surface area contributed by atoms with E-state index in [4.69, 9.17) is 0 Å². The van der Waals surface area contributed by atoms with E-state index < -0.39 is 0 Å². The van der Waals surface area contributed by atoms with Gasteiger partial charge in [0.15, 0.2) is 0 Å². The fourth-order valence-corrected chi connectivity index (χ4v) is 2.92. The van der Waals surface area contributed by atoms with Gasteiger partial charge in [0, 0.05) is 25.9 Å². The molecule has 1 aromatic heterocycles. The van der Waals surface area contributed by atoms with Crippen LogP contribution in [0.1, 0.15) is 18.5 Å². The Balaban J connectivity index is 1.76. The number of rotatable bonds is 3. The van der Waals surface area contributed by atoms with Gasteiger partial charge in [-0.25, -0.2) is 9.48 Å². The minimum absolute atomic E-state index is 0.125. The molecule has 23 heavy (non-hydrogen) atoms. The summed E-state index contributed by atoms with van der Waals surface area (Å²) in [7, 11) is 0. The van der Waals surface area contributed by atoms with Crippen molar-refractivity contribution in [2.45, 2.75) is 19.8 Å². The molecule has 0 saturated carbocycles. The van der Waals surface area contributed by atoms with Crippen molar-refractivity contribution in [2.24, 2.45) is 5.92 Å². The summed E-state index contributed by atoms with van der Waals surface area (Å²) < 4.78 is 1.76. The van der Waals surface area contributed by atoms with Crippen LogP contribution >= 0.6 is 0 Å². The maximum Gasteiger partial charge on any atom is 0.321 e. The Morgan fingerprint density at radius 1 is 1.39 bits per heavy atom. The summed E-state index contributed by atoms with van der Waals surface area (Å²) in [6.45, 7) is 3.39. The quantitative estimate of drug-likeness (QED) is 0.914. The van der Waals surface area contributed by atoms with E-state index in [0.29, 0.717) is 6.54 Å². The Hall–Kier alpha value is -2.34. The molecule has 1 saturated heterocycles. The number of aromatic nitrogens is 2. The average molecular weight is 314 g/mol. The Morgan fingerprint density at radius 3 is 2.96 bits per heavy atom. The second-order valence-corrected chi connectivity index (χ2v) is 5.99. The van der Waals surface area contributed by atoms with Gasteiger partial charge in [-0.1, -0.05) is 12.1 Å². The monoisotopic (exact) mass is 314 g/mol. The first kappa shape index (κ1) is 15.6. The van der Waals surface area contributed by atoms with Gasteiger partial charge in [0.05, 0.1) is 17.1 Å². The van der Waals surface area contributed by atoms with Crippen molar-refractivity contribution < 1.29 is 9.90 Å². The number of aryl methyl sites for hydroxylation is 1. The molecule has 0 aliphatic carbocycles. The number of urea groups is 1. The van der Waals surface area contributed by atoms with Crippen molar-refractivity contribution in [3.8, 4) is 5.69 Å². The third kappa shape index (κ3) is 3.53. The van der Waals surface area contributed by atoms with Gasteiger partial charge in [0.1, 0.15) is 0 Å². The number of aliphatic hydroxyl groups excluding tert-OH is 1. The zero-order chi connectivity index (χ0) is 16.2. The van der Waals surface area contributed by atoms with Gasteiger partial charge in [-0.3, -0.25) is 0 Å². The van der Waals surface area contributed by atoms with Crippen molar-refractivity contribution in [1.29, 1.82) is 0 Å². The summed E-state index contributed by atoms with van der Waals surface area (Å²) in [5.74, 6) is 0.179. The number of piperidine rings is 1. The number of para-hydroxylation sites is 2. The van der Waals surface area contributed by atoms with Crippen LogP contribution < -0.4 is 5.32 Å². The lowest BCUT2D eigenvalue weighted by Crippen LogP contribution is -2.43. The van der Waals surface area contributed by atoms with E-state index in [1.807, 2.05) is 43.5 Å². The fraction of sp³-hybridized carbons (Fsp3) is 0.412. The highest BCUT2D eigenvalue weighted by atomic mass is 16.3. The molecule has 2 amide bonds. The first-order valence-corrected chi connectivity index (χ1v) is 7.96. The third-order valence-electron chi connectivity index (χ3n) is 4.18. The number of likely N-dealkylation sites (tertiary alicyclic amines) is 1. The Kier molecular flexibility index (Phi) is 4.62. The van der Waals surface area contributed by atoms with Crippen LogP contribution in [0.3, 0.4) is 0 Å². The zero-order valence-corrected chi connectivity index (χ0v) is 13.3. The molecule has 1 unspecified atom stereocenters. The van der Waals surface area contributed by atoms with E-state index in [-0.39, 0.29) is 18.6 Å². The minimum Gasteiger partial charge on any atom is -0.396 e. The third-order valence-corrected chi connectivity index (χ3v) is 4.18. The van der Waals surface area contributed by atoms with Crippen LogP contribution in [0.4, 0.5) is 10.5 Å². The molecule has 1 aliphatic rings. The number of hydrogen-bond donors (Lipinski definition) is 2. The first-order chi connectivity index (χ1) is 11.2. The molecule has 1 aromatic carbocycles. The zero-order valence-electron chi connectivity index (χ0n) is 13.3. The summed E-state index contributed by atoms with van der Waals surface area (Å²) in [4.78, 5) is 14.3. The summed E-state index contributed by atoms with van der Waals surface area (Å²) in [6.07, 6.45) is 3.78. The highest BCUT2D eigenvalue weighted by Gasteiger charge is 2.23. The summed E-state index contributed by atoms with van der Waals surface area (Å²) in [5.41, 5.74) is 2.49. The highest BCUT2D eigenvalue weighted by Crippen LogP contribution is 2.22. The van der Waals surface area contributed by atoms with Gasteiger partial charge in [-0.15, -0.1) is 0 Å². The predicted octanol–water partition coefficient (Wildman–Crippen LogP) is 2.42. The fourth-order valence-electron chi connectivity index (χ4n) is 2.92. The number of aliphatic hydroxyl groups is 1. The summed E-state index contributed by atoms with van der Waals surface area (Å²) in [5, 5.41) is 16.7. The van der Waals surface area contributed by atoms with Crippen LogP contribution in [-0.2, 0) is 0 Å². The van der Waals surface area contributed by atoms with Crippen LogP contribution in [0.25, 0.3) is 5.69 Å². The van der Waals surface area contributed by atoms with Gasteiger partial charge in [0.25, 0.3) is 0 Å². The second kappa shape index (κ2) is 6.83. The van der Waals surface area contributed by atoms with Crippen LogP contribution in [0, 0.1) is 12.8 Å². The number of hydrogen-bond acceptors (Lipinski definition) is 3. The maximum absolute atomic E-state index is 12.5.